The lowest BCUT2D eigenvalue weighted by molar-refractivity contribution is 0.439. The molecule has 0 radical (unpaired) electrons. The van der Waals surface area contributed by atoms with Crippen LogP contribution in [-0.4, -0.2) is 10.2 Å². The van der Waals surface area contributed by atoms with Crippen LogP contribution < -0.4 is 5.43 Å². The third kappa shape index (κ3) is 3.55. The highest BCUT2D eigenvalue weighted by Gasteiger charge is 2.23. The number of hydrogen-bond donors (Lipinski definition) is 2. The minimum Gasteiger partial charge on any atom is -0.507 e. The number of fused-ring (bicyclic) bond motifs is 2. The summed E-state index contributed by atoms with van der Waals surface area (Å²) in [5, 5.41) is 22.6. The van der Waals surface area contributed by atoms with Gasteiger partial charge in [-0.05, 0) is 64.5 Å². The molecule has 2 N–H and O–H groups in total. The second kappa shape index (κ2) is 7.78. The van der Waals surface area contributed by atoms with Crippen molar-refractivity contribution in [1.29, 1.82) is 0 Å². The molecule has 1 aliphatic carbocycles. The Labute approximate surface area is 169 Å². The zero-order valence-corrected chi connectivity index (χ0v) is 16.9. The molecule has 1 heterocycles. The van der Waals surface area contributed by atoms with Gasteiger partial charge in [0.25, 0.3) is 0 Å². The van der Waals surface area contributed by atoms with Crippen LogP contribution in [0.3, 0.4) is 0 Å². The first kappa shape index (κ1) is 19.3. The first-order valence-corrected chi connectivity index (χ1v) is 10.2. The van der Waals surface area contributed by atoms with Crippen molar-refractivity contribution in [1.82, 2.24) is 0 Å². The van der Waals surface area contributed by atoms with Crippen molar-refractivity contribution in [3.63, 3.8) is 0 Å². The van der Waals surface area contributed by atoms with E-state index in [1.165, 1.54) is 18.4 Å². The highest BCUT2D eigenvalue weighted by atomic mass is 16.3. The molecule has 0 amide bonds. The standard InChI is InChI=1S/C25H26O4/c1-15(2)11-13-19-22(26)18(14-12-16-7-3-4-8-16)24(28)21-23(27)17-9-5-6-10-20(17)29-25(19)21/h5-6,9-12,26,28H,3-4,7-8,13-14H2,1-2H3. The Hall–Kier alpha value is -3.01. The Morgan fingerprint density at radius 3 is 2.48 bits per heavy atom. The molecule has 4 rings (SSSR count). The lowest BCUT2D eigenvalue weighted by Gasteiger charge is -2.14. The van der Waals surface area contributed by atoms with Gasteiger partial charge in [-0.1, -0.05) is 35.4 Å². The third-order valence-corrected chi connectivity index (χ3v) is 5.72. The van der Waals surface area contributed by atoms with E-state index in [2.05, 4.69) is 6.08 Å². The molecule has 1 fully saturated rings. The largest absolute Gasteiger partial charge is 0.507 e. The van der Waals surface area contributed by atoms with Gasteiger partial charge >= 0.3 is 0 Å². The molecule has 4 nitrogen and oxygen atoms in total. The maximum absolute atomic E-state index is 13.2. The highest BCUT2D eigenvalue weighted by molar-refractivity contribution is 5.97. The van der Waals surface area contributed by atoms with Crippen molar-refractivity contribution < 1.29 is 14.6 Å². The fourth-order valence-electron chi connectivity index (χ4n) is 4.09. The second-order valence-corrected chi connectivity index (χ2v) is 8.04. The summed E-state index contributed by atoms with van der Waals surface area (Å²) in [6, 6.07) is 7.00. The number of phenols is 2. The van der Waals surface area contributed by atoms with Crippen LogP contribution >= 0.6 is 0 Å². The van der Waals surface area contributed by atoms with E-state index < -0.39 is 0 Å². The van der Waals surface area contributed by atoms with Crippen molar-refractivity contribution in [2.75, 3.05) is 0 Å². The van der Waals surface area contributed by atoms with Crippen molar-refractivity contribution >= 4 is 21.9 Å². The van der Waals surface area contributed by atoms with Gasteiger partial charge in [-0.25, -0.2) is 0 Å². The van der Waals surface area contributed by atoms with Crippen molar-refractivity contribution in [2.45, 2.75) is 52.4 Å². The molecule has 1 aliphatic rings. The van der Waals surface area contributed by atoms with E-state index in [1.807, 2.05) is 19.9 Å². The van der Waals surface area contributed by atoms with Gasteiger partial charge in [0.2, 0.25) is 5.43 Å². The van der Waals surface area contributed by atoms with Crippen LogP contribution in [0.1, 0.15) is 50.7 Å². The van der Waals surface area contributed by atoms with Crippen LogP contribution in [0, 0.1) is 0 Å². The van der Waals surface area contributed by atoms with Gasteiger partial charge in [-0.15, -0.1) is 0 Å². The van der Waals surface area contributed by atoms with Crippen LogP contribution in [0.15, 0.2) is 56.8 Å². The SMILES string of the molecule is CC(C)=CCc1c(O)c(CC=C2CCCC2)c(O)c2c(=O)c3ccccc3oc12. The topological polar surface area (TPSA) is 70.7 Å². The summed E-state index contributed by atoms with van der Waals surface area (Å²) >= 11 is 0. The Kier molecular flexibility index (Phi) is 5.18. The quantitative estimate of drug-likeness (QED) is 0.429. The number of rotatable bonds is 4. The van der Waals surface area contributed by atoms with Crippen LogP contribution in [-0.2, 0) is 12.8 Å². The number of phenolic OH excluding ortho intramolecular Hbond substituents is 2. The molecular weight excluding hydrogens is 364 g/mol. The zero-order chi connectivity index (χ0) is 20.5. The van der Waals surface area contributed by atoms with Crippen molar-refractivity contribution in [3.8, 4) is 11.5 Å². The van der Waals surface area contributed by atoms with Gasteiger partial charge in [0.15, 0.2) is 0 Å². The number of hydrogen-bond acceptors (Lipinski definition) is 4. The molecule has 2 aromatic carbocycles. The minimum absolute atomic E-state index is 0.0146. The minimum atomic E-state index is -0.271. The summed E-state index contributed by atoms with van der Waals surface area (Å²) in [4.78, 5) is 13.2. The predicted octanol–water partition coefficient (Wildman–Crippen LogP) is 5.91. The van der Waals surface area contributed by atoms with Crippen molar-refractivity contribution in [3.05, 3.63) is 68.9 Å². The summed E-state index contributed by atoms with van der Waals surface area (Å²) in [6.45, 7) is 3.97. The Bertz CT molecular complexity index is 1200. The maximum atomic E-state index is 13.2. The molecule has 0 spiro atoms. The summed E-state index contributed by atoms with van der Waals surface area (Å²) in [7, 11) is 0. The van der Waals surface area contributed by atoms with Gasteiger partial charge in [0.05, 0.1) is 5.39 Å². The molecule has 0 saturated heterocycles. The van der Waals surface area contributed by atoms with E-state index in [0.29, 0.717) is 34.9 Å². The molecule has 1 aromatic heterocycles. The van der Waals surface area contributed by atoms with Gasteiger partial charge in [0, 0.05) is 11.1 Å². The van der Waals surface area contributed by atoms with Crippen molar-refractivity contribution in [2.24, 2.45) is 0 Å². The molecule has 0 aliphatic heterocycles. The van der Waals surface area contributed by atoms with Gasteiger partial charge in [-0.3, -0.25) is 4.79 Å². The zero-order valence-electron chi connectivity index (χ0n) is 16.9. The maximum Gasteiger partial charge on any atom is 0.204 e. The molecular formula is C25H26O4. The summed E-state index contributed by atoms with van der Waals surface area (Å²) < 4.78 is 6.02. The van der Waals surface area contributed by atoms with Gasteiger partial charge in [0.1, 0.15) is 28.1 Å². The highest BCUT2D eigenvalue weighted by Crippen LogP contribution is 2.41. The molecule has 150 valence electrons. The molecule has 4 heteroatoms. The summed E-state index contributed by atoms with van der Waals surface area (Å²) in [5.74, 6) is -0.159. The van der Waals surface area contributed by atoms with E-state index in [4.69, 9.17) is 4.42 Å². The van der Waals surface area contributed by atoms with Gasteiger partial charge in [-0.2, -0.15) is 0 Å². The number of para-hydroxylation sites is 1. The monoisotopic (exact) mass is 390 g/mol. The van der Waals surface area contributed by atoms with E-state index in [-0.39, 0.29) is 27.9 Å². The van der Waals surface area contributed by atoms with Crippen LogP contribution in [0.2, 0.25) is 0 Å². The van der Waals surface area contributed by atoms with E-state index in [9.17, 15) is 15.0 Å². The summed E-state index contributed by atoms with van der Waals surface area (Å²) in [6.07, 6.45) is 9.39. The van der Waals surface area contributed by atoms with Crippen LogP contribution in [0.4, 0.5) is 0 Å². The average molecular weight is 390 g/mol. The van der Waals surface area contributed by atoms with E-state index in [1.54, 1.807) is 24.3 Å². The lowest BCUT2D eigenvalue weighted by atomic mass is 9.96. The third-order valence-electron chi connectivity index (χ3n) is 5.72. The lowest BCUT2D eigenvalue weighted by Crippen LogP contribution is -2.06. The molecule has 1 saturated carbocycles. The fourth-order valence-corrected chi connectivity index (χ4v) is 4.09. The molecule has 0 unspecified atom stereocenters. The van der Waals surface area contributed by atoms with Crippen LogP contribution in [0.25, 0.3) is 21.9 Å². The average Bonchev–Trinajstić information content (AvgIpc) is 3.21. The fraction of sp³-hybridized carbons (Fsp3) is 0.320. The molecule has 0 atom stereocenters. The Morgan fingerprint density at radius 1 is 1.03 bits per heavy atom. The van der Waals surface area contributed by atoms with E-state index >= 15 is 0 Å². The number of allylic oxidation sites excluding steroid dienone is 4. The smallest absolute Gasteiger partial charge is 0.204 e. The molecule has 3 aromatic rings. The number of benzene rings is 2. The van der Waals surface area contributed by atoms with Gasteiger partial charge < -0.3 is 14.6 Å². The van der Waals surface area contributed by atoms with E-state index in [0.717, 1.165) is 18.4 Å². The second-order valence-electron chi connectivity index (χ2n) is 8.04. The predicted molar refractivity (Wildman–Crippen MR) is 117 cm³/mol. The first-order chi connectivity index (χ1) is 14.0. The summed E-state index contributed by atoms with van der Waals surface area (Å²) in [5.41, 5.74) is 3.83. The molecule has 0 bridgehead atoms. The Balaban J connectivity index is 2.01. The molecule has 29 heavy (non-hydrogen) atoms. The van der Waals surface area contributed by atoms with Crippen LogP contribution in [0.5, 0.6) is 11.5 Å². The first-order valence-electron chi connectivity index (χ1n) is 10.2. The number of aromatic hydroxyl groups is 2. The normalized spacial score (nSPS) is 13.9. The Morgan fingerprint density at radius 2 is 1.76 bits per heavy atom.